The second kappa shape index (κ2) is 7.81. The molecule has 2 rings (SSSR count). The fraction of sp³-hybridized carbons (Fsp3) is 0.438. The van der Waals surface area contributed by atoms with E-state index in [1.807, 2.05) is 31.2 Å². The highest BCUT2D eigenvalue weighted by molar-refractivity contribution is 5.99. The minimum Gasteiger partial charge on any atom is -0.451 e. The van der Waals surface area contributed by atoms with Gasteiger partial charge in [-0.3, -0.25) is 4.79 Å². The summed E-state index contributed by atoms with van der Waals surface area (Å²) in [7, 11) is 1.64. The number of methoxy groups -OCH3 is 1. The van der Waals surface area contributed by atoms with E-state index < -0.39 is 0 Å². The maximum absolute atomic E-state index is 12.3. The molecule has 21 heavy (non-hydrogen) atoms. The zero-order valence-corrected chi connectivity index (χ0v) is 12.5. The topological polar surface area (TPSA) is 60.7 Å². The van der Waals surface area contributed by atoms with Crippen LogP contribution < -0.4 is 5.32 Å². The SMILES string of the molecule is CCOCc1c(C(=O)NCCCOC)oc2ccccc12. The summed E-state index contributed by atoms with van der Waals surface area (Å²) in [5.74, 6) is 0.124. The molecule has 0 spiro atoms. The zero-order valence-electron chi connectivity index (χ0n) is 12.5. The normalized spacial score (nSPS) is 11.0. The van der Waals surface area contributed by atoms with Crippen molar-refractivity contribution in [1.29, 1.82) is 0 Å². The molecule has 0 aliphatic carbocycles. The molecule has 0 radical (unpaired) electrons. The number of hydrogen-bond acceptors (Lipinski definition) is 4. The number of rotatable bonds is 8. The summed E-state index contributed by atoms with van der Waals surface area (Å²) in [6.07, 6.45) is 0.767. The van der Waals surface area contributed by atoms with Crippen LogP contribution in [0.5, 0.6) is 0 Å². The van der Waals surface area contributed by atoms with E-state index in [1.165, 1.54) is 0 Å². The van der Waals surface area contributed by atoms with Gasteiger partial charge in [0, 0.05) is 37.8 Å². The molecule has 0 fully saturated rings. The number of ether oxygens (including phenoxy) is 2. The van der Waals surface area contributed by atoms with E-state index in [1.54, 1.807) is 7.11 Å². The summed E-state index contributed by atoms with van der Waals surface area (Å²) in [5, 5.41) is 3.77. The van der Waals surface area contributed by atoms with Gasteiger partial charge in [0.15, 0.2) is 5.76 Å². The molecular weight excluding hydrogens is 270 g/mol. The van der Waals surface area contributed by atoms with Crippen molar-refractivity contribution in [2.75, 3.05) is 26.9 Å². The first-order chi connectivity index (χ1) is 10.3. The third-order valence-electron chi connectivity index (χ3n) is 3.17. The third-order valence-corrected chi connectivity index (χ3v) is 3.17. The standard InChI is InChI=1S/C16H21NO4/c1-3-20-11-13-12-7-4-5-8-14(12)21-15(13)16(18)17-9-6-10-19-2/h4-5,7-8H,3,6,9-11H2,1-2H3,(H,17,18). The van der Waals surface area contributed by atoms with Crippen molar-refractivity contribution in [2.45, 2.75) is 20.0 Å². The number of carbonyl (C=O) groups is 1. The maximum atomic E-state index is 12.3. The van der Waals surface area contributed by atoms with Gasteiger partial charge in [-0.25, -0.2) is 0 Å². The van der Waals surface area contributed by atoms with Crippen LogP contribution in [0.1, 0.15) is 29.5 Å². The maximum Gasteiger partial charge on any atom is 0.287 e. The van der Waals surface area contributed by atoms with Gasteiger partial charge >= 0.3 is 0 Å². The van der Waals surface area contributed by atoms with E-state index in [9.17, 15) is 4.79 Å². The van der Waals surface area contributed by atoms with Gasteiger partial charge in [-0.15, -0.1) is 0 Å². The van der Waals surface area contributed by atoms with Gasteiger partial charge < -0.3 is 19.2 Å². The lowest BCUT2D eigenvalue weighted by atomic mass is 10.1. The highest BCUT2D eigenvalue weighted by Gasteiger charge is 2.19. The second-order valence-corrected chi connectivity index (χ2v) is 4.65. The Labute approximate surface area is 124 Å². The van der Waals surface area contributed by atoms with Gasteiger partial charge in [0.1, 0.15) is 5.58 Å². The van der Waals surface area contributed by atoms with Crippen molar-refractivity contribution in [2.24, 2.45) is 0 Å². The Bertz CT molecular complexity index is 591. The van der Waals surface area contributed by atoms with E-state index in [-0.39, 0.29) is 5.91 Å². The Morgan fingerprint density at radius 3 is 2.90 bits per heavy atom. The van der Waals surface area contributed by atoms with Gasteiger partial charge in [0.2, 0.25) is 0 Å². The number of fused-ring (bicyclic) bond motifs is 1. The molecule has 0 aliphatic rings. The first-order valence-electron chi connectivity index (χ1n) is 7.13. The summed E-state index contributed by atoms with van der Waals surface area (Å²) < 4.78 is 16.1. The molecule has 5 heteroatoms. The summed E-state index contributed by atoms with van der Waals surface area (Å²) >= 11 is 0. The molecule has 0 aliphatic heterocycles. The number of furan rings is 1. The Balaban J connectivity index is 2.18. The molecule has 0 unspecified atom stereocenters. The fourth-order valence-corrected chi connectivity index (χ4v) is 2.13. The van der Waals surface area contributed by atoms with Crippen molar-refractivity contribution in [3.05, 3.63) is 35.6 Å². The molecule has 1 aromatic carbocycles. The summed E-state index contributed by atoms with van der Waals surface area (Å²) in [4.78, 5) is 12.3. The van der Waals surface area contributed by atoms with E-state index >= 15 is 0 Å². The van der Waals surface area contributed by atoms with Crippen LogP contribution in [0.15, 0.2) is 28.7 Å². The van der Waals surface area contributed by atoms with E-state index in [0.29, 0.717) is 37.7 Å². The summed E-state index contributed by atoms with van der Waals surface area (Å²) in [6, 6.07) is 7.60. The highest BCUT2D eigenvalue weighted by Crippen LogP contribution is 2.26. The van der Waals surface area contributed by atoms with Crippen LogP contribution in [0.3, 0.4) is 0 Å². The molecule has 2 aromatic rings. The molecule has 0 saturated heterocycles. The first kappa shape index (κ1) is 15.5. The Morgan fingerprint density at radius 2 is 2.14 bits per heavy atom. The average Bonchev–Trinajstić information content (AvgIpc) is 2.88. The van der Waals surface area contributed by atoms with Crippen LogP contribution in [0.25, 0.3) is 11.0 Å². The number of amides is 1. The second-order valence-electron chi connectivity index (χ2n) is 4.65. The van der Waals surface area contributed by atoms with Crippen molar-refractivity contribution >= 4 is 16.9 Å². The predicted octanol–water partition coefficient (Wildman–Crippen LogP) is 2.74. The summed E-state index contributed by atoms with van der Waals surface area (Å²) in [6.45, 7) is 4.06. The molecule has 1 heterocycles. The molecule has 5 nitrogen and oxygen atoms in total. The predicted molar refractivity (Wildman–Crippen MR) is 80.4 cm³/mol. The Hall–Kier alpha value is -1.85. The van der Waals surface area contributed by atoms with Crippen molar-refractivity contribution in [3.8, 4) is 0 Å². The minimum atomic E-state index is -0.211. The fourth-order valence-electron chi connectivity index (χ4n) is 2.13. The lowest BCUT2D eigenvalue weighted by molar-refractivity contribution is 0.0910. The molecular formula is C16H21NO4. The molecule has 0 atom stereocenters. The molecule has 1 amide bonds. The van der Waals surface area contributed by atoms with Gasteiger partial charge in [0.05, 0.1) is 6.61 Å². The molecule has 1 N–H and O–H groups in total. The number of benzene rings is 1. The summed E-state index contributed by atoms with van der Waals surface area (Å²) in [5.41, 5.74) is 1.51. The van der Waals surface area contributed by atoms with E-state index in [4.69, 9.17) is 13.9 Å². The average molecular weight is 291 g/mol. The van der Waals surface area contributed by atoms with Crippen LogP contribution in [-0.2, 0) is 16.1 Å². The van der Waals surface area contributed by atoms with Crippen LogP contribution >= 0.6 is 0 Å². The Kier molecular flexibility index (Phi) is 5.78. The Morgan fingerprint density at radius 1 is 1.33 bits per heavy atom. The molecule has 1 aromatic heterocycles. The van der Waals surface area contributed by atoms with E-state index in [0.717, 1.165) is 17.4 Å². The smallest absolute Gasteiger partial charge is 0.287 e. The monoisotopic (exact) mass is 291 g/mol. The lowest BCUT2D eigenvalue weighted by Gasteiger charge is -2.05. The van der Waals surface area contributed by atoms with Gasteiger partial charge in [0.25, 0.3) is 5.91 Å². The van der Waals surface area contributed by atoms with Crippen molar-refractivity contribution in [3.63, 3.8) is 0 Å². The highest BCUT2D eigenvalue weighted by atomic mass is 16.5. The first-order valence-corrected chi connectivity index (χ1v) is 7.13. The molecule has 0 bridgehead atoms. The van der Waals surface area contributed by atoms with Gasteiger partial charge in [-0.1, -0.05) is 18.2 Å². The zero-order chi connectivity index (χ0) is 15.1. The molecule has 114 valence electrons. The van der Waals surface area contributed by atoms with Gasteiger partial charge in [-0.2, -0.15) is 0 Å². The lowest BCUT2D eigenvalue weighted by Crippen LogP contribution is -2.25. The minimum absolute atomic E-state index is 0.211. The van der Waals surface area contributed by atoms with Crippen LogP contribution in [0.2, 0.25) is 0 Å². The van der Waals surface area contributed by atoms with Crippen molar-refractivity contribution in [1.82, 2.24) is 5.32 Å². The van der Waals surface area contributed by atoms with Crippen molar-refractivity contribution < 1.29 is 18.7 Å². The quantitative estimate of drug-likeness (QED) is 0.760. The van der Waals surface area contributed by atoms with Crippen LogP contribution in [-0.4, -0.2) is 32.8 Å². The molecule has 0 saturated carbocycles. The largest absolute Gasteiger partial charge is 0.451 e. The third kappa shape index (κ3) is 3.83. The van der Waals surface area contributed by atoms with Crippen LogP contribution in [0.4, 0.5) is 0 Å². The number of nitrogens with one attached hydrogen (secondary N) is 1. The number of para-hydroxylation sites is 1. The van der Waals surface area contributed by atoms with E-state index in [2.05, 4.69) is 5.32 Å². The van der Waals surface area contributed by atoms with Gasteiger partial charge in [-0.05, 0) is 19.4 Å². The van der Waals surface area contributed by atoms with Crippen LogP contribution in [0, 0.1) is 0 Å². The number of hydrogen-bond donors (Lipinski definition) is 1. The number of carbonyl (C=O) groups excluding carboxylic acids is 1.